The van der Waals surface area contributed by atoms with Gasteiger partial charge >= 0.3 is 5.97 Å². The molecule has 2 unspecified atom stereocenters. The summed E-state index contributed by atoms with van der Waals surface area (Å²) in [5.74, 6) is 0.513. The third kappa shape index (κ3) is 3.07. The predicted molar refractivity (Wildman–Crippen MR) is 55.5 cm³/mol. The third-order valence-electron chi connectivity index (χ3n) is 2.26. The number of hydrogen-bond donors (Lipinski definition) is 3. The molecule has 0 saturated carbocycles. The second-order valence-electron chi connectivity index (χ2n) is 3.47. The van der Waals surface area contributed by atoms with E-state index in [1.165, 1.54) is 0 Å². The fourth-order valence-corrected chi connectivity index (χ4v) is 1.37. The van der Waals surface area contributed by atoms with Crippen LogP contribution in [0, 0.1) is 6.92 Å². The van der Waals surface area contributed by atoms with Gasteiger partial charge in [0.2, 0.25) is 0 Å². The minimum absolute atomic E-state index is 0.162. The number of rotatable bonds is 5. The molecule has 0 aliphatic heterocycles. The van der Waals surface area contributed by atoms with E-state index in [4.69, 9.17) is 15.3 Å². The van der Waals surface area contributed by atoms with E-state index in [1.54, 1.807) is 7.05 Å². The summed E-state index contributed by atoms with van der Waals surface area (Å²) >= 11 is 0. The first-order valence-corrected chi connectivity index (χ1v) is 4.76. The molecule has 0 bridgehead atoms. The van der Waals surface area contributed by atoms with Crippen LogP contribution in [0.25, 0.3) is 0 Å². The zero-order chi connectivity index (χ0) is 11.4. The number of carboxylic acid groups (broad SMARTS) is 1. The lowest BCUT2D eigenvalue weighted by Gasteiger charge is -2.15. The van der Waals surface area contributed by atoms with E-state index in [2.05, 4.69) is 5.32 Å². The zero-order valence-corrected chi connectivity index (χ0v) is 8.86. The Hall–Kier alpha value is -1.33. The molecule has 2 atom stereocenters. The second-order valence-corrected chi connectivity index (χ2v) is 3.47. The Balaban J connectivity index is 2.68. The van der Waals surface area contributed by atoms with Crippen LogP contribution in [0.4, 0.5) is 0 Å². The molecule has 0 fully saturated rings. The third-order valence-corrected chi connectivity index (χ3v) is 2.26. The first-order valence-electron chi connectivity index (χ1n) is 4.76. The highest BCUT2D eigenvalue weighted by atomic mass is 16.4. The number of nitrogens with two attached hydrogens (primary N) is 1. The van der Waals surface area contributed by atoms with E-state index in [1.807, 2.05) is 19.1 Å². The van der Waals surface area contributed by atoms with Gasteiger partial charge in [-0.1, -0.05) is 0 Å². The van der Waals surface area contributed by atoms with Crippen molar-refractivity contribution in [3.63, 3.8) is 0 Å². The average molecular weight is 212 g/mol. The molecule has 0 spiro atoms. The fraction of sp³-hybridized carbons (Fsp3) is 0.500. The number of furan rings is 1. The van der Waals surface area contributed by atoms with Gasteiger partial charge in [0.1, 0.15) is 17.6 Å². The molecule has 0 aliphatic carbocycles. The summed E-state index contributed by atoms with van der Waals surface area (Å²) in [5, 5.41) is 11.7. The molecule has 5 nitrogen and oxygen atoms in total. The van der Waals surface area contributed by atoms with Crippen molar-refractivity contribution in [2.24, 2.45) is 5.73 Å². The van der Waals surface area contributed by atoms with Gasteiger partial charge in [-0.05, 0) is 32.5 Å². The molecule has 1 rings (SSSR count). The maximum Gasteiger partial charge on any atom is 0.320 e. The smallest absolute Gasteiger partial charge is 0.320 e. The minimum atomic E-state index is -1.00. The molecule has 0 amide bonds. The van der Waals surface area contributed by atoms with Crippen molar-refractivity contribution < 1.29 is 14.3 Å². The van der Waals surface area contributed by atoms with Crippen LogP contribution < -0.4 is 11.1 Å². The van der Waals surface area contributed by atoms with Gasteiger partial charge in [0.05, 0.1) is 6.04 Å². The SMILES string of the molecule is CNC(CC(N)C(=O)O)c1ccc(C)o1. The van der Waals surface area contributed by atoms with Gasteiger partial charge in [0, 0.05) is 0 Å². The number of nitrogens with one attached hydrogen (secondary N) is 1. The number of carboxylic acids is 1. The van der Waals surface area contributed by atoms with Crippen molar-refractivity contribution in [2.75, 3.05) is 7.05 Å². The molecule has 0 aromatic carbocycles. The Labute approximate surface area is 88.3 Å². The quantitative estimate of drug-likeness (QED) is 0.667. The monoisotopic (exact) mass is 212 g/mol. The predicted octanol–water partition coefficient (Wildman–Crippen LogP) is 0.651. The topological polar surface area (TPSA) is 88.5 Å². The molecule has 84 valence electrons. The number of carbonyl (C=O) groups is 1. The van der Waals surface area contributed by atoms with Crippen LogP contribution in [0.2, 0.25) is 0 Å². The van der Waals surface area contributed by atoms with Crippen molar-refractivity contribution in [3.8, 4) is 0 Å². The highest BCUT2D eigenvalue weighted by Crippen LogP contribution is 2.19. The van der Waals surface area contributed by atoms with Crippen molar-refractivity contribution in [2.45, 2.75) is 25.4 Å². The zero-order valence-electron chi connectivity index (χ0n) is 8.86. The molecule has 15 heavy (non-hydrogen) atoms. The van der Waals surface area contributed by atoms with E-state index in [9.17, 15) is 4.79 Å². The first-order chi connectivity index (χ1) is 7.04. The molecule has 1 aromatic heterocycles. The van der Waals surface area contributed by atoms with Crippen LogP contribution in [-0.4, -0.2) is 24.2 Å². The summed E-state index contributed by atoms with van der Waals surface area (Å²) in [5.41, 5.74) is 5.46. The Bertz CT molecular complexity index is 335. The van der Waals surface area contributed by atoms with E-state index >= 15 is 0 Å². The standard InChI is InChI=1S/C10H16N2O3/c1-6-3-4-9(15-6)8(12-2)5-7(11)10(13)14/h3-4,7-8,12H,5,11H2,1-2H3,(H,13,14). The molecule has 1 heterocycles. The summed E-state index contributed by atoms with van der Waals surface area (Å²) in [7, 11) is 1.75. The molecule has 0 radical (unpaired) electrons. The van der Waals surface area contributed by atoms with Crippen LogP contribution in [-0.2, 0) is 4.79 Å². The first kappa shape index (κ1) is 11.7. The van der Waals surface area contributed by atoms with Gasteiger partial charge in [-0.3, -0.25) is 4.79 Å². The summed E-state index contributed by atoms with van der Waals surface area (Å²) < 4.78 is 5.41. The summed E-state index contributed by atoms with van der Waals surface area (Å²) in [6.45, 7) is 1.84. The normalized spacial score (nSPS) is 14.9. The Morgan fingerprint density at radius 2 is 2.33 bits per heavy atom. The van der Waals surface area contributed by atoms with Crippen LogP contribution in [0.15, 0.2) is 16.5 Å². The molecule has 5 heteroatoms. The largest absolute Gasteiger partial charge is 0.480 e. The molecular weight excluding hydrogens is 196 g/mol. The van der Waals surface area contributed by atoms with Crippen LogP contribution >= 0.6 is 0 Å². The number of aliphatic carboxylic acids is 1. The van der Waals surface area contributed by atoms with Gasteiger partial charge in [0.15, 0.2) is 0 Å². The minimum Gasteiger partial charge on any atom is -0.480 e. The lowest BCUT2D eigenvalue weighted by Crippen LogP contribution is -2.34. The van der Waals surface area contributed by atoms with Crippen LogP contribution in [0.5, 0.6) is 0 Å². The van der Waals surface area contributed by atoms with Crippen LogP contribution in [0.3, 0.4) is 0 Å². The molecule has 0 saturated heterocycles. The number of hydrogen-bond acceptors (Lipinski definition) is 4. The van der Waals surface area contributed by atoms with Gasteiger partial charge in [-0.25, -0.2) is 0 Å². The molecule has 1 aromatic rings. The summed E-state index contributed by atoms with van der Waals surface area (Å²) in [6.07, 6.45) is 0.304. The van der Waals surface area contributed by atoms with E-state index < -0.39 is 12.0 Å². The summed E-state index contributed by atoms with van der Waals surface area (Å²) in [4.78, 5) is 10.6. The van der Waals surface area contributed by atoms with Crippen molar-refractivity contribution in [1.29, 1.82) is 0 Å². The van der Waals surface area contributed by atoms with Gasteiger partial charge < -0.3 is 20.6 Å². The van der Waals surface area contributed by atoms with Crippen molar-refractivity contribution in [1.82, 2.24) is 5.32 Å². The Kier molecular flexibility index (Phi) is 3.88. The Morgan fingerprint density at radius 1 is 1.67 bits per heavy atom. The van der Waals surface area contributed by atoms with E-state index in [-0.39, 0.29) is 6.04 Å². The maximum absolute atomic E-state index is 10.6. The summed E-state index contributed by atoms with van der Waals surface area (Å²) in [6, 6.07) is 2.62. The number of aryl methyl sites for hydroxylation is 1. The average Bonchev–Trinajstić information content (AvgIpc) is 2.60. The van der Waals surface area contributed by atoms with Gasteiger partial charge in [-0.15, -0.1) is 0 Å². The van der Waals surface area contributed by atoms with Crippen molar-refractivity contribution >= 4 is 5.97 Å². The van der Waals surface area contributed by atoms with E-state index in [0.29, 0.717) is 12.2 Å². The van der Waals surface area contributed by atoms with Crippen molar-refractivity contribution in [3.05, 3.63) is 23.7 Å². The molecule has 0 aliphatic rings. The molecular formula is C10H16N2O3. The van der Waals surface area contributed by atoms with Crippen LogP contribution in [0.1, 0.15) is 24.0 Å². The maximum atomic E-state index is 10.6. The lowest BCUT2D eigenvalue weighted by molar-refractivity contribution is -0.138. The van der Waals surface area contributed by atoms with E-state index in [0.717, 1.165) is 5.76 Å². The highest BCUT2D eigenvalue weighted by molar-refractivity contribution is 5.73. The van der Waals surface area contributed by atoms with Gasteiger partial charge in [-0.2, -0.15) is 0 Å². The highest BCUT2D eigenvalue weighted by Gasteiger charge is 2.20. The Morgan fingerprint density at radius 3 is 2.73 bits per heavy atom. The second kappa shape index (κ2) is 4.95. The molecule has 4 N–H and O–H groups in total. The lowest BCUT2D eigenvalue weighted by atomic mass is 10.1. The van der Waals surface area contributed by atoms with Gasteiger partial charge in [0.25, 0.3) is 0 Å². The fourth-order valence-electron chi connectivity index (χ4n) is 1.37.